The summed E-state index contributed by atoms with van der Waals surface area (Å²) in [4.78, 5) is 21.0. The SMILES string of the molecule is CN(C(=O)OC(C)(C)C)C1CCN(c2cc3c(ccn3C)nc2CN)C1. The lowest BCUT2D eigenvalue weighted by molar-refractivity contribution is 0.0238. The molecule has 0 aromatic carbocycles. The van der Waals surface area contributed by atoms with Crippen LogP contribution in [0.25, 0.3) is 11.0 Å². The van der Waals surface area contributed by atoms with Gasteiger partial charge in [0.05, 0.1) is 28.5 Å². The zero-order chi connectivity index (χ0) is 19.1. The maximum absolute atomic E-state index is 12.3. The van der Waals surface area contributed by atoms with Gasteiger partial charge in [-0.15, -0.1) is 0 Å². The molecule has 2 aromatic rings. The van der Waals surface area contributed by atoms with Crippen LogP contribution >= 0.6 is 0 Å². The molecule has 0 aliphatic carbocycles. The van der Waals surface area contributed by atoms with Crippen LogP contribution in [-0.4, -0.2) is 52.3 Å². The number of aromatic nitrogens is 2. The lowest BCUT2D eigenvalue weighted by Crippen LogP contribution is -2.42. The normalized spacial score (nSPS) is 17.8. The smallest absolute Gasteiger partial charge is 0.410 e. The molecule has 1 unspecified atom stereocenters. The molecule has 0 bridgehead atoms. The van der Waals surface area contributed by atoms with Crippen LogP contribution in [0.3, 0.4) is 0 Å². The summed E-state index contributed by atoms with van der Waals surface area (Å²) in [5.74, 6) is 0. The zero-order valence-corrected chi connectivity index (χ0v) is 16.3. The Morgan fingerprint density at radius 1 is 1.46 bits per heavy atom. The highest BCUT2D eigenvalue weighted by molar-refractivity contribution is 5.81. The number of hydrogen-bond donors (Lipinski definition) is 1. The third-order valence-corrected chi connectivity index (χ3v) is 4.85. The fourth-order valence-corrected chi connectivity index (χ4v) is 3.40. The van der Waals surface area contributed by atoms with Crippen LogP contribution in [0.15, 0.2) is 18.3 Å². The van der Waals surface area contributed by atoms with Gasteiger partial charge in [0.2, 0.25) is 0 Å². The van der Waals surface area contributed by atoms with E-state index in [1.807, 2.05) is 47.1 Å². The molecule has 3 rings (SSSR count). The van der Waals surface area contributed by atoms with Gasteiger partial charge < -0.3 is 24.8 Å². The fourth-order valence-electron chi connectivity index (χ4n) is 3.40. The minimum absolute atomic E-state index is 0.111. The van der Waals surface area contributed by atoms with Crippen molar-refractivity contribution in [1.82, 2.24) is 14.5 Å². The van der Waals surface area contributed by atoms with Crippen LogP contribution in [0, 0.1) is 0 Å². The summed E-state index contributed by atoms with van der Waals surface area (Å²) in [5.41, 5.74) is 9.45. The minimum atomic E-state index is -0.488. The first-order chi connectivity index (χ1) is 12.2. The quantitative estimate of drug-likeness (QED) is 0.911. The first-order valence-electron chi connectivity index (χ1n) is 9.05. The summed E-state index contributed by atoms with van der Waals surface area (Å²) in [5, 5.41) is 0. The van der Waals surface area contributed by atoms with Crippen LogP contribution in [0.4, 0.5) is 10.5 Å². The number of hydrogen-bond acceptors (Lipinski definition) is 5. The van der Waals surface area contributed by atoms with Gasteiger partial charge in [0, 0.05) is 39.9 Å². The molecule has 7 heteroatoms. The number of nitrogens with zero attached hydrogens (tertiary/aromatic N) is 4. The van der Waals surface area contributed by atoms with Crippen molar-refractivity contribution in [3.63, 3.8) is 0 Å². The predicted octanol–water partition coefficient (Wildman–Crippen LogP) is 2.48. The largest absolute Gasteiger partial charge is 0.444 e. The second-order valence-electron chi connectivity index (χ2n) is 7.97. The zero-order valence-electron chi connectivity index (χ0n) is 16.3. The number of carbonyl (C=O) groups is 1. The van der Waals surface area contributed by atoms with E-state index in [0.717, 1.165) is 41.9 Å². The lowest BCUT2D eigenvalue weighted by Gasteiger charge is -2.29. The molecule has 1 atom stereocenters. The molecule has 1 aliphatic rings. The Morgan fingerprint density at radius 2 is 2.19 bits per heavy atom. The van der Waals surface area contributed by atoms with Crippen molar-refractivity contribution in [1.29, 1.82) is 0 Å². The standard InChI is InChI=1S/C19H29N5O2/c1-19(2,3)26-18(25)23(5)13-6-9-24(12-13)17-10-16-14(7-8-22(16)4)21-15(17)11-20/h7-8,10,13H,6,9,11-12,20H2,1-5H3. The van der Waals surface area contributed by atoms with Gasteiger partial charge in [0.25, 0.3) is 0 Å². The monoisotopic (exact) mass is 359 g/mol. The summed E-state index contributed by atoms with van der Waals surface area (Å²) in [6.07, 6.45) is 2.62. The summed E-state index contributed by atoms with van der Waals surface area (Å²) in [6.45, 7) is 7.65. The van der Waals surface area contributed by atoms with E-state index >= 15 is 0 Å². The molecule has 2 aromatic heterocycles. The maximum Gasteiger partial charge on any atom is 0.410 e. The predicted molar refractivity (Wildman–Crippen MR) is 103 cm³/mol. The topological polar surface area (TPSA) is 76.6 Å². The number of amides is 1. The van der Waals surface area contributed by atoms with Crippen molar-refractivity contribution in [3.8, 4) is 0 Å². The Bertz CT molecular complexity index is 808. The second-order valence-corrected chi connectivity index (χ2v) is 7.97. The van der Waals surface area contributed by atoms with Gasteiger partial charge in [-0.05, 0) is 39.3 Å². The number of pyridine rings is 1. The second kappa shape index (κ2) is 6.79. The van der Waals surface area contributed by atoms with E-state index in [4.69, 9.17) is 15.5 Å². The summed E-state index contributed by atoms with van der Waals surface area (Å²) in [6, 6.07) is 4.27. The van der Waals surface area contributed by atoms with Crippen molar-refractivity contribution in [2.45, 2.75) is 45.4 Å². The van der Waals surface area contributed by atoms with Gasteiger partial charge in [0.1, 0.15) is 5.60 Å². The van der Waals surface area contributed by atoms with Crippen molar-refractivity contribution < 1.29 is 9.53 Å². The number of fused-ring (bicyclic) bond motifs is 1. The molecule has 1 amide bonds. The number of likely N-dealkylation sites (N-methyl/N-ethyl adjacent to an activating group) is 1. The number of anilines is 1. The van der Waals surface area contributed by atoms with E-state index in [2.05, 4.69) is 15.5 Å². The third-order valence-electron chi connectivity index (χ3n) is 4.85. The number of rotatable bonds is 3. The highest BCUT2D eigenvalue weighted by Gasteiger charge is 2.32. The first kappa shape index (κ1) is 18.5. The number of aryl methyl sites for hydroxylation is 1. The first-order valence-corrected chi connectivity index (χ1v) is 9.05. The van der Waals surface area contributed by atoms with Gasteiger partial charge in [-0.1, -0.05) is 0 Å². The molecule has 1 fully saturated rings. The molecule has 142 valence electrons. The molecule has 7 nitrogen and oxygen atoms in total. The average molecular weight is 359 g/mol. The molecule has 26 heavy (non-hydrogen) atoms. The Hall–Kier alpha value is -2.28. The van der Waals surface area contributed by atoms with E-state index in [0.29, 0.717) is 6.54 Å². The molecular weight excluding hydrogens is 330 g/mol. The van der Waals surface area contributed by atoms with Gasteiger partial charge in [-0.3, -0.25) is 0 Å². The van der Waals surface area contributed by atoms with Crippen molar-refractivity contribution in [2.24, 2.45) is 12.8 Å². The molecule has 1 saturated heterocycles. The molecule has 0 radical (unpaired) electrons. The highest BCUT2D eigenvalue weighted by Crippen LogP contribution is 2.29. The minimum Gasteiger partial charge on any atom is -0.444 e. The van der Waals surface area contributed by atoms with Gasteiger partial charge in [-0.2, -0.15) is 0 Å². The maximum atomic E-state index is 12.3. The van der Waals surface area contributed by atoms with Crippen LogP contribution < -0.4 is 10.6 Å². The van der Waals surface area contributed by atoms with E-state index < -0.39 is 5.60 Å². The average Bonchev–Trinajstić information content (AvgIpc) is 3.18. The molecule has 0 spiro atoms. The Morgan fingerprint density at radius 3 is 2.85 bits per heavy atom. The Balaban J connectivity index is 1.79. The molecule has 3 heterocycles. The molecule has 2 N–H and O–H groups in total. The van der Waals surface area contributed by atoms with E-state index in [-0.39, 0.29) is 12.1 Å². The van der Waals surface area contributed by atoms with Crippen molar-refractivity contribution in [3.05, 3.63) is 24.0 Å². The molecule has 1 aliphatic heterocycles. The van der Waals surface area contributed by atoms with Gasteiger partial charge >= 0.3 is 6.09 Å². The van der Waals surface area contributed by atoms with Crippen LogP contribution in [0.5, 0.6) is 0 Å². The van der Waals surface area contributed by atoms with E-state index in [1.165, 1.54) is 0 Å². The van der Waals surface area contributed by atoms with E-state index in [9.17, 15) is 4.79 Å². The summed E-state index contributed by atoms with van der Waals surface area (Å²) >= 11 is 0. The molecule has 0 saturated carbocycles. The Labute approximate surface area is 154 Å². The lowest BCUT2D eigenvalue weighted by atomic mass is 10.2. The van der Waals surface area contributed by atoms with Crippen molar-refractivity contribution in [2.75, 3.05) is 25.0 Å². The fraction of sp³-hybridized carbons (Fsp3) is 0.579. The van der Waals surface area contributed by atoms with Crippen LogP contribution in [-0.2, 0) is 18.3 Å². The Kier molecular flexibility index (Phi) is 4.84. The third kappa shape index (κ3) is 3.62. The van der Waals surface area contributed by atoms with Gasteiger partial charge in [0.15, 0.2) is 0 Å². The summed E-state index contributed by atoms with van der Waals surface area (Å²) in [7, 11) is 3.82. The van der Waals surface area contributed by atoms with Crippen LogP contribution in [0.1, 0.15) is 32.9 Å². The highest BCUT2D eigenvalue weighted by atomic mass is 16.6. The molecular formula is C19H29N5O2. The van der Waals surface area contributed by atoms with Crippen LogP contribution in [0.2, 0.25) is 0 Å². The van der Waals surface area contributed by atoms with Gasteiger partial charge in [-0.25, -0.2) is 9.78 Å². The number of nitrogens with two attached hydrogens (primary N) is 1. The van der Waals surface area contributed by atoms with E-state index in [1.54, 1.807) is 4.90 Å². The van der Waals surface area contributed by atoms with Crippen molar-refractivity contribution >= 4 is 22.8 Å². The number of carbonyl (C=O) groups excluding carboxylic acids is 1. The summed E-state index contributed by atoms with van der Waals surface area (Å²) < 4.78 is 7.56. The number of ether oxygens (including phenoxy) is 1.